The Morgan fingerprint density at radius 2 is 2.12 bits per heavy atom. The summed E-state index contributed by atoms with van der Waals surface area (Å²) in [6, 6.07) is 9.83. The highest BCUT2D eigenvalue weighted by molar-refractivity contribution is 8.00. The van der Waals surface area contributed by atoms with Gasteiger partial charge in [0, 0.05) is 6.54 Å². The van der Waals surface area contributed by atoms with Crippen LogP contribution in [0.2, 0.25) is 0 Å². The van der Waals surface area contributed by atoms with Crippen molar-refractivity contribution in [2.24, 2.45) is 0 Å². The minimum absolute atomic E-state index is 0.129. The van der Waals surface area contributed by atoms with Crippen LogP contribution in [-0.4, -0.2) is 34.3 Å². The van der Waals surface area contributed by atoms with Crippen LogP contribution in [-0.2, 0) is 9.67 Å². The maximum absolute atomic E-state index is 11.6. The average Bonchev–Trinajstić information content (AvgIpc) is 2.38. The molecule has 2 unspecified atom stereocenters. The highest BCUT2D eigenvalue weighted by Gasteiger charge is 2.61. The van der Waals surface area contributed by atoms with Gasteiger partial charge in [0.25, 0.3) is 5.91 Å². The number of aliphatic hydroxyl groups excluding tert-OH is 1. The number of thioether (sulfide) groups is 1. The number of nitrogens with zero attached hydrogens (tertiary/aromatic N) is 1. The predicted octanol–water partition coefficient (Wildman–Crippen LogP) is 1.18. The van der Waals surface area contributed by atoms with Crippen LogP contribution in [0.1, 0.15) is 12.0 Å². The third-order valence-electron chi connectivity index (χ3n) is 3.31. The molecular weight excluding hydrogens is 222 g/mol. The summed E-state index contributed by atoms with van der Waals surface area (Å²) in [5.74, 6) is 0.867. The highest BCUT2D eigenvalue weighted by Crippen LogP contribution is 2.52. The van der Waals surface area contributed by atoms with Crippen LogP contribution >= 0.6 is 11.8 Å². The molecule has 2 heterocycles. The second kappa shape index (κ2) is 3.50. The summed E-state index contributed by atoms with van der Waals surface area (Å²) in [5, 5.41) is 10.0. The summed E-state index contributed by atoms with van der Waals surface area (Å²) in [6.45, 7) is 0.762. The molecule has 1 N–H and O–H groups in total. The first-order valence-corrected chi connectivity index (χ1v) is 6.44. The van der Waals surface area contributed by atoms with E-state index in [4.69, 9.17) is 0 Å². The van der Waals surface area contributed by atoms with Crippen LogP contribution < -0.4 is 0 Å². The molecule has 0 saturated carbocycles. The number of benzene rings is 1. The summed E-state index contributed by atoms with van der Waals surface area (Å²) in [6.07, 6.45) is 0.137. The van der Waals surface area contributed by atoms with Crippen molar-refractivity contribution in [1.82, 2.24) is 4.90 Å². The van der Waals surface area contributed by atoms with Crippen LogP contribution in [0.5, 0.6) is 0 Å². The first-order chi connectivity index (χ1) is 7.77. The second-order valence-electron chi connectivity index (χ2n) is 4.16. The monoisotopic (exact) mass is 235 g/mol. The lowest BCUT2D eigenvalue weighted by Crippen LogP contribution is -2.71. The summed E-state index contributed by atoms with van der Waals surface area (Å²) in [7, 11) is 0. The summed E-state index contributed by atoms with van der Waals surface area (Å²) >= 11 is 1.68. The second-order valence-corrected chi connectivity index (χ2v) is 5.48. The Morgan fingerprint density at radius 3 is 2.88 bits per heavy atom. The third kappa shape index (κ3) is 1.11. The molecular formula is C12H13NO2S. The van der Waals surface area contributed by atoms with Gasteiger partial charge in [-0.1, -0.05) is 30.3 Å². The maximum atomic E-state index is 11.6. The van der Waals surface area contributed by atoms with Crippen LogP contribution in [0, 0.1) is 0 Å². The SMILES string of the molecule is O=C1C(O)C2(c3ccccc3)SCCCN12. The largest absolute Gasteiger partial charge is 0.380 e. The van der Waals surface area contributed by atoms with E-state index in [1.165, 1.54) is 0 Å². The van der Waals surface area contributed by atoms with Gasteiger partial charge in [0.05, 0.1) is 0 Å². The molecule has 1 aromatic rings. The fraction of sp³-hybridized carbons (Fsp3) is 0.417. The first-order valence-electron chi connectivity index (χ1n) is 5.46. The molecule has 4 heteroatoms. The standard InChI is InChI=1S/C12H13NO2S/c14-10-11(15)13-7-4-8-16-12(10,13)9-5-2-1-3-6-9/h1-3,5-6,10,14H,4,7-8H2. The Hall–Kier alpha value is -1.00. The van der Waals surface area contributed by atoms with Gasteiger partial charge in [0.15, 0.2) is 6.10 Å². The quantitative estimate of drug-likeness (QED) is 0.743. The maximum Gasteiger partial charge on any atom is 0.256 e. The van der Waals surface area contributed by atoms with E-state index in [1.54, 1.807) is 16.7 Å². The molecule has 3 nitrogen and oxygen atoms in total. The lowest BCUT2D eigenvalue weighted by Gasteiger charge is -2.57. The Kier molecular flexibility index (Phi) is 2.23. The van der Waals surface area contributed by atoms with Gasteiger partial charge in [0.2, 0.25) is 0 Å². The molecule has 2 aliphatic rings. The van der Waals surface area contributed by atoms with Gasteiger partial charge in [-0.05, 0) is 17.7 Å². The van der Waals surface area contributed by atoms with E-state index in [9.17, 15) is 9.90 Å². The molecule has 84 valence electrons. The van der Waals surface area contributed by atoms with Gasteiger partial charge in [-0.2, -0.15) is 0 Å². The van der Waals surface area contributed by atoms with E-state index in [1.807, 2.05) is 30.3 Å². The van der Waals surface area contributed by atoms with Gasteiger partial charge >= 0.3 is 0 Å². The van der Waals surface area contributed by atoms with E-state index in [-0.39, 0.29) is 5.91 Å². The number of fused-ring (bicyclic) bond motifs is 1. The van der Waals surface area contributed by atoms with Crippen molar-refractivity contribution in [2.75, 3.05) is 12.3 Å². The normalized spacial score (nSPS) is 33.2. The van der Waals surface area contributed by atoms with E-state index in [0.29, 0.717) is 0 Å². The summed E-state index contributed by atoms with van der Waals surface area (Å²) in [4.78, 5) is 12.9. The number of rotatable bonds is 1. The Bertz CT molecular complexity index is 422. The minimum Gasteiger partial charge on any atom is -0.380 e. The minimum atomic E-state index is -0.875. The van der Waals surface area contributed by atoms with Crippen molar-refractivity contribution in [3.63, 3.8) is 0 Å². The number of carbonyl (C=O) groups is 1. The van der Waals surface area contributed by atoms with Crippen LogP contribution in [0.15, 0.2) is 30.3 Å². The zero-order chi connectivity index (χ0) is 11.2. The highest BCUT2D eigenvalue weighted by atomic mass is 32.2. The van der Waals surface area contributed by atoms with E-state index < -0.39 is 11.0 Å². The van der Waals surface area contributed by atoms with Gasteiger partial charge in [0.1, 0.15) is 4.87 Å². The lowest BCUT2D eigenvalue weighted by molar-refractivity contribution is -0.173. The fourth-order valence-corrected chi connectivity index (χ4v) is 4.00. The van der Waals surface area contributed by atoms with Gasteiger partial charge in [-0.3, -0.25) is 4.79 Å². The first kappa shape index (κ1) is 10.2. The summed E-state index contributed by atoms with van der Waals surface area (Å²) in [5.41, 5.74) is 1.03. The van der Waals surface area contributed by atoms with E-state index in [2.05, 4.69) is 0 Å². The Balaban J connectivity index is 2.05. The lowest BCUT2D eigenvalue weighted by atomic mass is 9.89. The van der Waals surface area contributed by atoms with Crippen molar-refractivity contribution >= 4 is 17.7 Å². The molecule has 2 aliphatic heterocycles. The molecule has 2 atom stereocenters. The molecule has 0 spiro atoms. The zero-order valence-electron chi connectivity index (χ0n) is 8.80. The molecule has 0 radical (unpaired) electrons. The number of aliphatic hydroxyl groups is 1. The molecule has 1 aromatic carbocycles. The van der Waals surface area contributed by atoms with Gasteiger partial charge < -0.3 is 10.0 Å². The molecule has 2 saturated heterocycles. The molecule has 1 amide bonds. The number of hydrogen-bond donors (Lipinski definition) is 1. The van der Waals surface area contributed by atoms with Crippen molar-refractivity contribution in [3.8, 4) is 0 Å². The van der Waals surface area contributed by atoms with Crippen LogP contribution in [0.25, 0.3) is 0 Å². The average molecular weight is 235 g/mol. The molecule has 0 bridgehead atoms. The molecule has 2 fully saturated rings. The Labute approximate surface area is 98.4 Å². The number of hydrogen-bond acceptors (Lipinski definition) is 3. The molecule has 0 aliphatic carbocycles. The fourth-order valence-electron chi connectivity index (χ4n) is 2.52. The number of carbonyl (C=O) groups excluding carboxylic acids is 1. The third-order valence-corrected chi connectivity index (χ3v) is 4.92. The topological polar surface area (TPSA) is 40.5 Å². The van der Waals surface area contributed by atoms with E-state index in [0.717, 1.165) is 24.3 Å². The van der Waals surface area contributed by atoms with Crippen molar-refractivity contribution in [2.45, 2.75) is 17.4 Å². The van der Waals surface area contributed by atoms with Crippen LogP contribution in [0.3, 0.4) is 0 Å². The van der Waals surface area contributed by atoms with E-state index >= 15 is 0 Å². The van der Waals surface area contributed by atoms with Gasteiger partial charge in [-0.15, -0.1) is 11.8 Å². The predicted molar refractivity (Wildman–Crippen MR) is 62.9 cm³/mol. The van der Waals surface area contributed by atoms with Crippen molar-refractivity contribution in [1.29, 1.82) is 0 Å². The smallest absolute Gasteiger partial charge is 0.256 e. The van der Waals surface area contributed by atoms with Gasteiger partial charge in [-0.25, -0.2) is 0 Å². The Morgan fingerprint density at radius 1 is 1.38 bits per heavy atom. The summed E-state index contributed by atoms with van der Waals surface area (Å²) < 4.78 is 0. The molecule has 3 rings (SSSR count). The van der Waals surface area contributed by atoms with Crippen molar-refractivity contribution in [3.05, 3.63) is 35.9 Å². The molecule has 0 aromatic heterocycles. The van der Waals surface area contributed by atoms with Crippen molar-refractivity contribution < 1.29 is 9.90 Å². The number of β-lactam (4-membered cyclic amide) rings is 1. The number of amides is 1. The zero-order valence-corrected chi connectivity index (χ0v) is 9.61. The van der Waals surface area contributed by atoms with Crippen LogP contribution in [0.4, 0.5) is 0 Å². The molecule has 16 heavy (non-hydrogen) atoms.